The topological polar surface area (TPSA) is 64.4 Å². The van der Waals surface area contributed by atoms with Crippen LogP contribution in [0.3, 0.4) is 0 Å². The van der Waals surface area contributed by atoms with Crippen LogP contribution in [0.15, 0.2) is 10.6 Å². The molecule has 0 saturated heterocycles. The van der Waals surface area contributed by atoms with E-state index in [1.54, 1.807) is 0 Å². The summed E-state index contributed by atoms with van der Waals surface area (Å²) in [5, 5.41) is 6.17. The molecule has 5 heteroatoms. The molecule has 0 aliphatic carbocycles. The van der Waals surface area contributed by atoms with E-state index in [0.717, 1.165) is 0 Å². The fourth-order valence-corrected chi connectivity index (χ4v) is 0.796. The maximum Gasteiger partial charge on any atom is 0.290 e. The van der Waals surface area contributed by atoms with Gasteiger partial charge in [0.2, 0.25) is 5.76 Å². The molecule has 13 heavy (non-hydrogen) atoms. The second-order valence-corrected chi connectivity index (χ2v) is 2.86. The fourth-order valence-electron chi connectivity index (χ4n) is 0.796. The monoisotopic (exact) mass is 184 g/mol. The van der Waals surface area contributed by atoms with Crippen molar-refractivity contribution in [3.63, 3.8) is 0 Å². The molecule has 1 rings (SSSR count). The van der Waals surface area contributed by atoms with Gasteiger partial charge in [-0.2, -0.15) is 0 Å². The van der Waals surface area contributed by atoms with Gasteiger partial charge < -0.3 is 14.6 Å². The molecule has 0 bridgehead atoms. The molecule has 1 aromatic rings. The lowest BCUT2D eigenvalue weighted by Crippen LogP contribution is -2.29. The number of amides is 1. The Morgan fingerprint density at radius 2 is 2.38 bits per heavy atom. The summed E-state index contributed by atoms with van der Waals surface area (Å²) in [6.45, 7) is 3.73. The SMILES string of the molecule is COc1cc(C(=O)NC(C)C)on1. The number of hydrogen-bond donors (Lipinski definition) is 1. The number of hydrogen-bond acceptors (Lipinski definition) is 4. The Balaban J connectivity index is 2.66. The number of ether oxygens (including phenoxy) is 1. The van der Waals surface area contributed by atoms with Crippen molar-refractivity contribution in [3.8, 4) is 5.88 Å². The zero-order chi connectivity index (χ0) is 9.84. The number of carbonyl (C=O) groups excluding carboxylic acids is 1. The Morgan fingerprint density at radius 1 is 1.69 bits per heavy atom. The van der Waals surface area contributed by atoms with Gasteiger partial charge in [0.1, 0.15) is 0 Å². The van der Waals surface area contributed by atoms with Crippen LogP contribution in [0.4, 0.5) is 0 Å². The van der Waals surface area contributed by atoms with E-state index >= 15 is 0 Å². The zero-order valence-corrected chi connectivity index (χ0v) is 7.83. The van der Waals surface area contributed by atoms with Gasteiger partial charge in [0.05, 0.1) is 13.2 Å². The summed E-state index contributed by atoms with van der Waals surface area (Å²) < 4.78 is 9.50. The van der Waals surface area contributed by atoms with Crippen LogP contribution >= 0.6 is 0 Å². The highest BCUT2D eigenvalue weighted by Crippen LogP contribution is 2.09. The largest absolute Gasteiger partial charge is 0.479 e. The molecule has 5 nitrogen and oxygen atoms in total. The van der Waals surface area contributed by atoms with Gasteiger partial charge in [-0.15, -0.1) is 0 Å². The second-order valence-electron chi connectivity index (χ2n) is 2.86. The first-order chi connectivity index (χ1) is 6.13. The summed E-state index contributed by atoms with van der Waals surface area (Å²) in [4.78, 5) is 11.3. The highest BCUT2D eigenvalue weighted by molar-refractivity contribution is 5.91. The molecule has 0 aromatic carbocycles. The summed E-state index contributed by atoms with van der Waals surface area (Å²) in [7, 11) is 1.46. The van der Waals surface area contributed by atoms with Gasteiger partial charge in [-0.05, 0) is 19.0 Å². The second kappa shape index (κ2) is 3.93. The molecular formula is C8H12N2O3. The number of carbonyl (C=O) groups is 1. The van der Waals surface area contributed by atoms with E-state index in [2.05, 4.69) is 10.5 Å². The average Bonchev–Trinajstić information content (AvgIpc) is 2.50. The third kappa shape index (κ3) is 2.47. The van der Waals surface area contributed by atoms with Crippen molar-refractivity contribution in [1.82, 2.24) is 10.5 Å². The van der Waals surface area contributed by atoms with Crippen LogP contribution in [0, 0.1) is 0 Å². The smallest absolute Gasteiger partial charge is 0.290 e. The van der Waals surface area contributed by atoms with E-state index in [4.69, 9.17) is 9.26 Å². The predicted molar refractivity (Wildman–Crippen MR) is 45.7 cm³/mol. The zero-order valence-electron chi connectivity index (χ0n) is 7.83. The molecular weight excluding hydrogens is 172 g/mol. The molecule has 0 unspecified atom stereocenters. The van der Waals surface area contributed by atoms with Crippen LogP contribution in [0.2, 0.25) is 0 Å². The quantitative estimate of drug-likeness (QED) is 0.755. The minimum absolute atomic E-state index is 0.0728. The Morgan fingerprint density at radius 3 is 2.85 bits per heavy atom. The maximum absolute atomic E-state index is 11.3. The van der Waals surface area contributed by atoms with Crippen LogP contribution in [-0.2, 0) is 0 Å². The van der Waals surface area contributed by atoms with Gasteiger partial charge in [0.25, 0.3) is 11.8 Å². The maximum atomic E-state index is 11.3. The highest BCUT2D eigenvalue weighted by Gasteiger charge is 2.13. The molecule has 1 heterocycles. The standard InChI is InChI=1S/C8H12N2O3/c1-5(2)9-8(11)6-4-7(12-3)10-13-6/h4-5H,1-3H3,(H,9,11). The first-order valence-electron chi connectivity index (χ1n) is 3.95. The van der Waals surface area contributed by atoms with E-state index in [0.29, 0.717) is 5.88 Å². The number of aromatic nitrogens is 1. The normalized spacial score (nSPS) is 10.2. The van der Waals surface area contributed by atoms with Crippen molar-refractivity contribution in [2.24, 2.45) is 0 Å². The summed E-state index contributed by atoms with van der Waals surface area (Å²) in [6, 6.07) is 1.51. The third-order valence-electron chi connectivity index (χ3n) is 1.34. The minimum atomic E-state index is -0.286. The van der Waals surface area contributed by atoms with Crippen molar-refractivity contribution < 1.29 is 14.1 Å². The van der Waals surface area contributed by atoms with Gasteiger partial charge in [-0.3, -0.25) is 4.79 Å². The van der Waals surface area contributed by atoms with Gasteiger partial charge in [-0.1, -0.05) is 0 Å². The number of nitrogens with one attached hydrogen (secondary N) is 1. The molecule has 1 amide bonds. The molecule has 0 fully saturated rings. The predicted octanol–water partition coefficient (Wildman–Crippen LogP) is 0.821. The van der Waals surface area contributed by atoms with Gasteiger partial charge in [-0.25, -0.2) is 0 Å². The lowest BCUT2D eigenvalue weighted by atomic mass is 10.3. The van der Waals surface area contributed by atoms with Crippen LogP contribution in [0.25, 0.3) is 0 Å². The molecule has 1 N–H and O–H groups in total. The average molecular weight is 184 g/mol. The minimum Gasteiger partial charge on any atom is -0.479 e. The summed E-state index contributed by atoms with van der Waals surface area (Å²) in [5.41, 5.74) is 0. The molecule has 0 spiro atoms. The first kappa shape index (κ1) is 9.57. The molecule has 0 aliphatic rings. The molecule has 1 aromatic heterocycles. The molecule has 0 radical (unpaired) electrons. The number of nitrogens with zero attached hydrogens (tertiary/aromatic N) is 1. The number of methoxy groups -OCH3 is 1. The summed E-state index contributed by atoms with van der Waals surface area (Å²) in [6.07, 6.45) is 0. The lowest BCUT2D eigenvalue weighted by Gasteiger charge is -2.04. The highest BCUT2D eigenvalue weighted by atomic mass is 16.5. The Hall–Kier alpha value is -1.52. The van der Waals surface area contributed by atoms with Crippen LogP contribution in [0.5, 0.6) is 5.88 Å². The molecule has 0 atom stereocenters. The molecule has 0 aliphatic heterocycles. The molecule has 0 saturated carbocycles. The van der Waals surface area contributed by atoms with E-state index in [1.807, 2.05) is 13.8 Å². The van der Waals surface area contributed by atoms with Crippen LogP contribution in [-0.4, -0.2) is 24.2 Å². The first-order valence-corrected chi connectivity index (χ1v) is 3.95. The Kier molecular flexibility index (Phi) is 2.89. The van der Waals surface area contributed by atoms with E-state index in [1.165, 1.54) is 13.2 Å². The Labute approximate surface area is 76.0 Å². The van der Waals surface area contributed by atoms with Gasteiger partial charge in [0.15, 0.2) is 0 Å². The third-order valence-corrected chi connectivity index (χ3v) is 1.34. The summed E-state index contributed by atoms with van der Waals surface area (Å²) >= 11 is 0. The van der Waals surface area contributed by atoms with Gasteiger partial charge >= 0.3 is 0 Å². The lowest BCUT2D eigenvalue weighted by molar-refractivity contribution is 0.0905. The van der Waals surface area contributed by atoms with Crippen molar-refractivity contribution in [3.05, 3.63) is 11.8 Å². The fraction of sp³-hybridized carbons (Fsp3) is 0.500. The van der Waals surface area contributed by atoms with E-state index in [9.17, 15) is 4.79 Å². The van der Waals surface area contributed by atoms with Crippen molar-refractivity contribution in [1.29, 1.82) is 0 Å². The van der Waals surface area contributed by atoms with Crippen LogP contribution in [0.1, 0.15) is 24.4 Å². The van der Waals surface area contributed by atoms with E-state index in [-0.39, 0.29) is 17.7 Å². The summed E-state index contributed by atoms with van der Waals surface area (Å²) in [5.74, 6) is 0.172. The van der Waals surface area contributed by atoms with Crippen molar-refractivity contribution >= 4 is 5.91 Å². The van der Waals surface area contributed by atoms with Crippen molar-refractivity contribution in [2.45, 2.75) is 19.9 Å². The van der Waals surface area contributed by atoms with Gasteiger partial charge in [0, 0.05) is 6.04 Å². The molecule has 72 valence electrons. The van der Waals surface area contributed by atoms with E-state index < -0.39 is 0 Å². The number of rotatable bonds is 3. The van der Waals surface area contributed by atoms with Crippen molar-refractivity contribution in [2.75, 3.05) is 7.11 Å². The Bertz CT molecular complexity index is 293. The van der Waals surface area contributed by atoms with Crippen LogP contribution < -0.4 is 10.1 Å².